The van der Waals surface area contributed by atoms with E-state index in [4.69, 9.17) is 0 Å². The predicted molar refractivity (Wildman–Crippen MR) is 64.0 cm³/mol. The van der Waals surface area contributed by atoms with E-state index in [1.807, 2.05) is 0 Å². The largest absolute Gasteiger partial charge is 0.316 e. The van der Waals surface area contributed by atoms with Crippen molar-refractivity contribution in [3.63, 3.8) is 0 Å². The zero-order valence-electron chi connectivity index (χ0n) is 8.37. The van der Waals surface area contributed by atoms with Crippen molar-refractivity contribution >= 4 is 12.6 Å². The Hall–Kier alpha value is -0.470. The first-order valence-corrected chi connectivity index (χ1v) is 5.94. The molecule has 1 aliphatic rings. The van der Waals surface area contributed by atoms with Crippen LogP contribution in [0.2, 0.25) is 0 Å². The lowest BCUT2D eigenvalue weighted by Crippen LogP contribution is -2.28. The van der Waals surface area contributed by atoms with Gasteiger partial charge in [-0.25, -0.2) is 0 Å². The lowest BCUT2D eigenvalue weighted by molar-refractivity contribution is 0.461. The summed E-state index contributed by atoms with van der Waals surface area (Å²) in [4.78, 5) is 0. The molecule has 1 unspecified atom stereocenters. The lowest BCUT2D eigenvalue weighted by Gasteiger charge is -2.23. The van der Waals surface area contributed by atoms with Crippen molar-refractivity contribution in [1.29, 1.82) is 0 Å². The van der Waals surface area contributed by atoms with Crippen LogP contribution >= 0.6 is 12.6 Å². The Labute approximate surface area is 91.3 Å². The van der Waals surface area contributed by atoms with Gasteiger partial charge >= 0.3 is 0 Å². The van der Waals surface area contributed by atoms with Gasteiger partial charge in [-0.3, -0.25) is 0 Å². The van der Waals surface area contributed by atoms with Crippen LogP contribution in [0.5, 0.6) is 0 Å². The van der Waals surface area contributed by atoms with E-state index in [1.54, 1.807) is 0 Å². The molecule has 1 saturated heterocycles. The van der Waals surface area contributed by atoms with Crippen LogP contribution < -0.4 is 5.32 Å². The molecule has 0 bridgehead atoms. The minimum atomic E-state index is 0.712. The van der Waals surface area contributed by atoms with Gasteiger partial charge in [0.2, 0.25) is 0 Å². The van der Waals surface area contributed by atoms with Crippen molar-refractivity contribution in [2.45, 2.75) is 24.5 Å². The van der Waals surface area contributed by atoms with Crippen LogP contribution in [0, 0.1) is 0 Å². The van der Waals surface area contributed by atoms with E-state index in [0.717, 1.165) is 12.3 Å². The summed E-state index contributed by atoms with van der Waals surface area (Å²) in [5.41, 5.74) is 2.81. The smallest absolute Gasteiger partial charge is 0.0154 e. The summed E-state index contributed by atoms with van der Waals surface area (Å²) < 4.78 is 0. The van der Waals surface area contributed by atoms with E-state index < -0.39 is 0 Å². The van der Waals surface area contributed by atoms with E-state index in [0.29, 0.717) is 5.92 Å². The highest BCUT2D eigenvalue weighted by molar-refractivity contribution is 7.79. The molecule has 1 N–H and O–H groups in total. The molecule has 14 heavy (non-hydrogen) atoms. The van der Waals surface area contributed by atoms with Crippen LogP contribution in [0.3, 0.4) is 0 Å². The van der Waals surface area contributed by atoms with E-state index in [2.05, 4.69) is 42.2 Å². The number of benzene rings is 1. The summed E-state index contributed by atoms with van der Waals surface area (Å²) in [5, 5.41) is 3.45. The molecule has 0 saturated carbocycles. The van der Waals surface area contributed by atoms with Gasteiger partial charge in [-0.05, 0) is 36.4 Å². The van der Waals surface area contributed by atoms with Crippen molar-refractivity contribution in [2.24, 2.45) is 0 Å². The van der Waals surface area contributed by atoms with Crippen LogP contribution in [-0.4, -0.2) is 13.1 Å². The minimum Gasteiger partial charge on any atom is -0.316 e. The Morgan fingerprint density at radius 2 is 2.36 bits per heavy atom. The molecule has 76 valence electrons. The Morgan fingerprint density at radius 3 is 3.07 bits per heavy atom. The maximum absolute atomic E-state index is 4.31. The molecule has 1 nitrogen and oxygen atoms in total. The van der Waals surface area contributed by atoms with Gasteiger partial charge in [0.25, 0.3) is 0 Å². The molecule has 0 aliphatic carbocycles. The average Bonchev–Trinajstić information content (AvgIpc) is 2.30. The molecule has 1 atom stereocenters. The Balaban J connectivity index is 2.13. The second-order valence-electron chi connectivity index (χ2n) is 3.95. The summed E-state index contributed by atoms with van der Waals surface area (Å²) in [6.07, 6.45) is 2.62. The maximum Gasteiger partial charge on any atom is 0.0154 e. The normalized spacial score (nSPS) is 22.2. The Morgan fingerprint density at radius 1 is 1.43 bits per heavy atom. The molecule has 0 spiro atoms. The van der Waals surface area contributed by atoms with Gasteiger partial charge in [-0.1, -0.05) is 24.3 Å². The first-order chi connectivity index (χ1) is 6.90. The van der Waals surface area contributed by atoms with Crippen molar-refractivity contribution in [3.8, 4) is 0 Å². The summed E-state index contributed by atoms with van der Waals surface area (Å²) in [7, 11) is 0. The highest BCUT2D eigenvalue weighted by Gasteiger charge is 2.14. The van der Waals surface area contributed by atoms with Gasteiger partial charge < -0.3 is 5.32 Å². The average molecular weight is 207 g/mol. The van der Waals surface area contributed by atoms with E-state index in [1.165, 1.54) is 30.5 Å². The molecule has 1 aromatic carbocycles. The molecular weight excluding hydrogens is 190 g/mol. The fourth-order valence-corrected chi connectivity index (χ4v) is 2.28. The third-order valence-electron chi connectivity index (χ3n) is 2.90. The van der Waals surface area contributed by atoms with Gasteiger partial charge in [0.05, 0.1) is 0 Å². The van der Waals surface area contributed by atoms with Gasteiger partial charge in [-0.15, -0.1) is 0 Å². The Kier molecular flexibility index (Phi) is 3.49. The second-order valence-corrected chi connectivity index (χ2v) is 4.26. The summed E-state index contributed by atoms with van der Waals surface area (Å²) in [6.45, 7) is 2.32. The minimum absolute atomic E-state index is 0.712. The van der Waals surface area contributed by atoms with Crippen molar-refractivity contribution in [3.05, 3.63) is 35.4 Å². The Bertz CT molecular complexity index is 292. The molecule has 1 fully saturated rings. The fourth-order valence-electron chi connectivity index (χ4n) is 2.08. The van der Waals surface area contributed by atoms with Crippen molar-refractivity contribution < 1.29 is 0 Å². The standard InChI is InChI=1S/C12H17NS/c14-9-10-3-1-4-11(7-10)12-5-2-6-13-8-12/h1,3-4,7,12-14H,2,5-6,8-9H2. The number of rotatable bonds is 2. The molecule has 0 aromatic heterocycles. The molecule has 1 heterocycles. The summed E-state index contributed by atoms with van der Waals surface area (Å²) >= 11 is 4.31. The van der Waals surface area contributed by atoms with Crippen LogP contribution in [0.1, 0.15) is 29.9 Å². The number of hydrogen-bond acceptors (Lipinski definition) is 2. The highest BCUT2D eigenvalue weighted by atomic mass is 32.1. The third kappa shape index (κ3) is 2.31. The van der Waals surface area contributed by atoms with Gasteiger partial charge in [0, 0.05) is 12.3 Å². The quantitative estimate of drug-likeness (QED) is 0.710. The van der Waals surface area contributed by atoms with Crippen LogP contribution in [0.25, 0.3) is 0 Å². The topological polar surface area (TPSA) is 12.0 Å². The summed E-state index contributed by atoms with van der Waals surface area (Å²) in [5.74, 6) is 1.55. The molecule has 2 rings (SSSR count). The number of hydrogen-bond donors (Lipinski definition) is 2. The molecular formula is C12H17NS. The van der Waals surface area contributed by atoms with E-state index in [9.17, 15) is 0 Å². The van der Waals surface area contributed by atoms with Crippen LogP contribution in [0.4, 0.5) is 0 Å². The van der Waals surface area contributed by atoms with E-state index >= 15 is 0 Å². The van der Waals surface area contributed by atoms with Gasteiger partial charge in [0.1, 0.15) is 0 Å². The zero-order chi connectivity index (χ0) is 9.80. The fraction of sp³-hybridized carbons (Fsp3) is 0.500. The first-order valence-electron chi connectivity index (χ1n) is 5.30. The van der Waals surface area contributed by atoms with Gasteiger partial charge in [-0.2, -0.15) is 12.6 Å². The maximum atomic E-state index is 4.31. The number of piperidine rings is 1. The van der Waals surface area contributed by atoms with Gasteiger partial charge in [0.15, 0.2) is 0 Å². The highest BCUT2D eigenvalue weighted by Crippen LogP contribution is 2.24. The summed E-state index contributed by atoms with van der Waals surface area (Å²) in [6, 6.07) is 8.83. The molecule has 1 aliphatic heterocycles. The SMILES string of the molecule is SCc1cccc(C2CCCNC2)c1. The monoisotopic (exact) mass is 207 g/mol. The zero-order valence-corrected chi connectivity index (χ0v) is 9.26. The predicted octanol–water partition coefficient (Wildman–Crippen LogP) is 2.58. The van der Waals surface area contributed by atoms with Crippen LogP contribution in [0.15, 0.2) is 24.3 Å². The molecule has 0 radical (unpaired) electrons. The second kappa shape index (κ2) is 4.85. The first kappa shape index (κ1) is 10.1. The molecule has 1 aromatic rings. The molecule has 2 heteroatoms. The van der Waals surface area contributed by atoms with Crippen LogP contribution in [-0.2, 0) is 5.75 Å². The lowest BCUT2D eigenvalue weighted by atomic mass is 9.91. The number of thiol groups is 1. The van der Waals surface area contributed by atoms with Crippen molar-refractivity contribution in [1.82, 2.24) is 5.32 Å². The third-order valence-corrected chi connectivity index (χ3v) is 3.27. The van der Waals surface area contributed by atoms with E-state index in [-0.39, 0.29) is 0 Å². The van der Waals surface area contributed by atoms with Crippen molar-refractivity contribution in [2.75, 3.05) is 13.1 Å². The number of nitrogens with one attached hydrogen (secondary N) is 1. The molecule has 0 amide bonds.